The van der Waals surface area contributed by atoms with Crippen LogP contribution in [0.5, 0.6) is 0 Å². The maximum atomic E-state index is 13.7. The Hall–Kier alpha value is -2.61. The molecule has 118 valence electrons. The number of imidazole rings is 1. The Bertz CT molecular complexity index is 882. The predicted octanol–water partition coefficient (Wildman–Crippen LogP) is 4.17. The fourth-order valence-electron chi connectivity index (χ4n) is 1.94. The lowest BCUT2D eigenvalue weighted by Gasteiger charge is -2.03. The van der Waals surface area contributed by atoms with Gasteiger partial charge in [0.25, 0.3) is 0 Å². The zero-order valence-electron chi connectivity index (χ0n) is 11.9. The van der Waals surface area contributed by atoms with Crippen LogP contribution < -0.4 is 5.32 Å². The van der Waals surface area contributed by atoms with Gasteiger partial charge in [-0.1, -0.05) is 11.8 Å². The molecule has 1 heterocycles. The number of methoxy groups -OCH3 is 1. The number of amides is 1. The third-order valence-corrected chi connectivity index (χ3v) is 4.02. The molecule has 2 aromatic carbocycles. The van der Waals surface area contributed by atoms with Crippen LogP contribution in [0.25, 0.3) is 11.0 Å². The molecule has 0 radical (unpaired) electrons. The van der Waals surface area contributed by atoms with Crippen molar-refractivity contribution in [2.24, 2.45) is 0 Å². The highest BCUT2D eigenvalue weighted by molar-refractivity contribution is 7.99. The van der Waals surface area contributed by atoms with Gasteiger partial charge in [0.1, 0.15) is 11.6 Å². The van der Waals surface area contributed by atoms with Gasteiger partial charge < -0.3 is 9.72 Å². The van der Waals surface area contributed by atoms with E-state index in [0.29, 0.717) is 15.9 Å². The van der Waals surface area contributed by atoms with Crippen molar-refractivity contribution in [2.75, 3.05) is 12.4 Å². The van der Waals surface area contributed by atoms with Crippen molar-refractivity contribution in [3.05, 3.63) is 48.0 Å². The molecule has 0 saturated heterocycles. The van der Waals surface area contributed by atoms with Gasteiger partial charge in [-0.2, -0.15) is 0 Å². The third-order valence-electron chi connectivity index (χ3n) is 2.98. The minimum Gasteiger partial charge on any atom is -0.453 e. The molecule has 3 rings (SSSR count). The van der Waals surface area contributed by atoms with Crippen molar-refractivity contribution >= 4 is 34.8 Å². The summed E-state index contributed by atoms with van der Waals surface area (Å²) in [7, 11) is 1.25. The highest BCUT2D eigenvalue weighted by Gasteiger charge is 2.09. The second-order valence-corrected chi connectivity index (χ2v) is 5.67. The van der Waals surface area contributed by atoms with Crippen molar-refractivity contribution in [1.82, 2.24) is 9.97 Å². The summed E-state index contributed by atoms with van der Waals surface area (Å²) in [5, 5.41) is 2.43. The van der Waals surface area contributed by atoms with E-state index >= 15 is 0 Å². The first-order valence-electron chi connectivity index (χ1n) is 6.53. The SMILES string of the molecule is COC(=O)Nc1nc2ccc(Sc3ccc(F)cc3F)cc2[nH]1. The molecule has 0 aliphatic heterocycles. The molecule has 1 aromatic heterocycles. The minimum absolute atomic E-state index is 0.252. The van der Waals surface area contributed by atoms with E-state index in [0.717, 1.165) is 22.7 Å². The van der Waals surface area contributed by atoms with Crippen LogP contribution in [-0.2, 0) is 4.74 Å². The van der Waals surface area contributed by atoms with E-state index in [1.807, 2.05) is 0 Å². The van der Waals surface area contributed by atoms with E-state index in [2.05, 4.69) is 20.0 Å². The van der Waals surface area contributed by atoms with Gasteiger partial charge in [0, 0.05) is 15.9 Å². The summed E-state index contributed by atoms with van der Waals surface area (Å²) in [5.74, 6) is -0.982. The number of fused-ring (bicyclic) bond motifs is 1. The molecule has 1 amide bonds. The number of hydrogen-bond acceptors (Lipinski definition) is 4. The molecule has 0 fully saturated rings. The lowest BCUT2D eigenvalue weighted by atomic mass is 10.3. The average molecular weight is 335 g/mol. The molecule has 23 heavy (non-hydrogen) atoms. The fourth-order valence-corrected chi connectivity index (χ4v) is 2.80. The van der Waals surface area contributed by atoms with E-state index in [-0.39, 0.29) is 5.95 Å². The average Bonchev–Trinajstić information content (AvgIpc) is 2.91. The molecule has 0 unspecified atom stereocenters. The summed E-state index contributed by atoms with van der Waals surface area (Å²) < 4.78 is 31.1. The quantitative estimate of drug-likeness (QED) is 0.754. The molecule has 0 saturated carbocycles. The largest absolute Gasteiger partial charge is 0.453 e. The number of nitrogens with zero attached hydrogens (tertiary/aromatic N) is 1. The van der Waals surface area contributed by atoms with Gasteiger partial charge in [0.15, 0.2) is 0 Å². The number of rotatable bonds is 3. The van der Waals surface area contributed by atoms with Gasteiger partial charge in [-0.25, -0.2) is 18.6 Å². The highest BCUT2D eigenvalue weighted by atomic mass is 32.2. The monoisotopic (exact) mass is 335 g/mol. The number of carbonyl (C=O) groups is 1. The van der Waals surface area contributed by atoms with Crippen LogP contribution in [0.3, 0.4) is 0 Å². The van der Waals surface area contributed by atoms with E-state index in [9.17, 15) is 13.6 Å². The molecule has 0 aliphatic carbocycles. The summed E-state index contributed by atoms with van der Waals surface area (Å²) in [6.07, 6.45) is -0.632. The zero-order chi connectivity index (χ0) is 16.4. The first-order chi connectivity index (χ1) is 11.0. The number of aromatic amines is 1. The van der Waals surface area contributed by atoms with E-state index in [1.165, 1.54) is 19.2 Å². The molecular weight excluding hydrogens is 324 g/mol. The summed E-state index contributed by atoms with van der Waals surface area (Å²) in [6.45, 7) is 0. The van der Waals surface area contributed by atoms with Crippen LogP contribution in [0.4, 0.5) is 19.5 Å². The number of halogens is 2. The molecule has 0 atom stereocenters. The molecule has 0 aliphatic rings. The van der Waals surface area contributed by atoms with Gasteiger partial charge in [-0.05, 0) is 30.3 Å². The first-order valence-corrected chi connectivity index (χ1v) is 7.34. The second-order valence-electron chi connectivity index (χ2n) is 4.56. The number of benzene rings is 2. The topological polar surface area (TPSA) is 67.0 Å². The van der Waals surface area contributed by atoms with Crippen LogP contribution in [-0.4, -0.2) is 23.2 Å². The van der Waals surface area contributed by atoms with Crippen molar-refractivity contribution in [2.45, 2.75) is 9.79 Å². The Morgan fingerprint density at radius 1 is 1.26 bits per heavy atom. The first kappa shape index (κ1) is 15.3. The molecule has 2 N–H and O–H groups in total. The van der Waals surface area contributed by atoms with Crippen LogP contribution in [0.2, 0.25) is 0 Å². The third kappa shape index (κ3) is 3.42. The standard InChI is InChI=1S/C15H11F2N3O2S/c1-22-15(21)20-14-18-11-4-3-9(7-12(11)19-14)23-13-5-2-8(16)6-10(13)17/h2-7H,1H3,(H2,18,19,20,21). The predicted molar refractivity (Wildman–Crippen MR) is 82.6 cm³/mol. The number of nitrogens with one attached hydrogen (secondary N) is 2. The van der Waals surface area contributed by atoms with E-state index in [1.54, 1.807) is 18.2 Å². The number of hydrogen-bond donors (Lipinski definition) is 2. The van der Waals surface area contributed by atoms with Gasteiger partial charge in [-0.15, -0.1) is 0 Å². The van der Waals surface area contributed by atoms with Crippen LogP contribution in [0.1, 0.15) is 0 Å². The molecule has 3 aromatic rings. The normalized spacial score (nSPS) is 10.7. The Morgan fingerprint density at radius 2 is 2.09 bits per heavy atom. The second kappa shape index (κ2) is 6.25. The van der Waals surface area contributed by atoms with Gasteiger partial charge in [0.2, 0.25) is 5.95 Å². The van der Waals surface area contributed by atoms with Gasteiger partial charge >= 0.3 is 6.09 Å². The highest BCUT2D eigenvalue weighted by Crippen LogP contribution is 2.32. The van der Waals surface area contributed by atoms with Crippen molar-refractivity contribution in [1.29, 1.82) is 0 Å². The molecule has 8 heteroatoms. The Balaban J connectivity index is 1.86. The molecular formula is C15H11F2N3O2S. The smallest absolute Gasteiger partial charge is 0.413 e. The number of carbonyl (C=O) groups excluding carboxylic acids is 1. The summed E-state index contributed by atoms with van der Waals surface area (Å²) in [4.78, 5) is 19.3. The fraction of sp³-hybridized carbons (Fsp3) is 0.0667. The van der Waals surface area contributed by atoms with Crippen molar-refractivity contribution in [3.63, 3.8) is 0 Å². The number of aromatic nitrogens is 2. The van der Waals surface area contributed by atoms with Crippen LogP contribution >= 0.6 is 11.8 Å². The zero-order valence-corrected chi connectivity index (χ0v) is 12.7. The van der Waals surface area contributed by atoms with Crippen LogP contribution in [0, 0.1) is 11.6 Å². The molecule has 0 bridgehead atoms. The Kier molecular flexibility index (Phi) is 4.16. The van der Waals surface area contributed by atoms with E-state index < -0.39 is 17.7 Å². The molecule has 0 spiro atoms. The Morgan fingerprint density at radius 3 is 2.83 bits per heavy atom. The lowest BCUT2D eigenvalue weighted by Crippen LogP contribution is -2.11. The maximum Gasteiger partial charge on any atom is 0.413 e. The number of ether oxygens (including phenoxy) is 1. The summed E-state index contributed by atoms with van der Waals surface area (Å²) in [5.41, 5.74) is 1.31. The van der Waals surface area contributed by atoms with Crippen molar-refractivity contribution in [3.8, 4) is 0 Å². The summed E-state index contributed by atoms with van der Waals surface area (Å²) >= 11 is 1.16. The van der Waals surface area contributed by atoms with Crippen molar-refractivity contribution < 1.29 is 18.3 Å². The molecule has 5 nitrogen and oxygen atoms in total. The van der Waals surface area contributed by atoms with E-state index in [4.69, 9.17) is 0 Å². The number of H-pyrrole nitrogens is 1. The van der Waals surface area contributed by atoms with Crippen LogP contribution in [0.15, 0.2) is 46.2 Å². The maximum absolute atomic E-state index is 13.7. The Labute approximate surface area is 134 Å². The minimum atomic E-state index is -0.632. The number of anilines is 1. The van der Waals surface area contributed by atoms with Gasteiger partial charge in [-0.3, -0.25) is 5.32 Å². The lowest BCUT2D eigenvalue weighted by molar-refractivity contribution is 0.186. The summed E-state index contributed by atoms with van der Waals surface area (Å²) in [6, 6.07) is 8.69. The van der Waals surface area contributed by atoms with Gasteiger partial charge in [0.05, 0.1) is 18.1 Å².